The second-order valence-corrected chi connectivity index (χ2v) is 6.05. The van der Waals surface area contributed by atoms with E-state index in [0.29, 0.717) is 11.8 Å². The number of rotatable bonds is 5. The highest BCUT2D eigenvalue weighted by Crippen LogP contribution is 2.38. The number of hydrogen-bond donors (Lipinski definition) is 2. The molecule has 2 atom stereocenters. The maximum Gasteiger partial charge on any atom is 0.0587 e. The number of hydrogen-bond acceptors (Lipinski definition) is 3. The Bertz CT molecular complexity index is 367. The lowest BCUT2D eigenvalue weighted by molar-refractivity contribution is 0.210. The second-order valence-electron chi connectivity index (χ2n) is 4.99. The van der Waals surface area contributed by atoms with Crippen LogP contribution in [-0.2, 0) is 0 Å². The summed E-state index contributed by atoms with van der Waals surface area (Å²) in [4.78, 5) is 1.42. The van der Waals surface area contributed by atoms with Crippen molar-refractivity contribution in [2.75, 3.05) is 18.9 Å². The molecule has 2 rings (SSSR count). The zero-order chi connectivity index (χ0) is 12.3. The number of benzene rings is 1. The molecule has 17 heavy (non-hydrogen) atoms. The molecule has 0 spiro atoms. The van der Waals surface area contributed by atoms with Gasteiger partial charge in [-0.3, -0.25) is 0 Å². The lowest BCUT2D eigenvalue weighted by atomic mass is 9.99. The molecule has 1 aliphatic heterocycles. The van der Waals surface area contributed by atoms with Crippen LogP contribution in [0.25, 0.3) is 0 Å². The lowest BCUT2D eigenvalue weighted by Crippen LogP contribution is -2.39. The molecule has 1 unspecified atom stereocenters. The minimum atomic E-state index is 0.216. The van der Waals surface area contributed by atoms with Gasteiger partial charge in [0.15, 0.2) is 0 Å². The van der Waals surface area contributed by atoms with Gasteiger partial charge in [-0.1, -0.05) is 32.0 Å². The zero-order valence-corrected chi connectivity index (χ0v) is 11.3. The number of aliphatic hydroxyl groups excluding tert-OH is 1. The van der Waals surface area contributed by atoms with E-state index in [4.69, 9.17) is 0 Å². The summed E-state index contributed by atoms with van der Waals surface area (Å²) in [5.41, 5.74) is 1.46. The third-order valence-electron chi connectivity index (χ3n) is 3.43. The van der Waals surface area contributed by atoms with Gasteiger partial charge in [0.05, 0.1) is 6.61 Å². The Labute approximate surface area is 108 Å². The first kappa shape index (κ1) is 12.9. The van der Waals surface area contributed by atoms with Gasteiger partial charge in [0.25, 0.3) is 0 Å². The maximum atomic E-state index is 9.30. The van der Waals surface area contributed by atoms with E-state index in [2.05, 4.69) is 43.4 Å². The molecule has 0 saturated carbocycles. The first-order valence-corrected chi connectivity index (χ1v) is 7.27. The molecule has 1 aliphatic rings. The van der Waals surface area contributed by atoms with Crippen molar-refractivity contribution in [2.45, 2.75) is 30.7 Å². The number of fused-ring (bicyclic) bond motifs is 1. The number of aliphatic hydroxyl groups is 1. The van der Waals surface area contributed by atoms with Gasteiger partial charge in [0.2, 0.25) is 0 Å². The average Bonchev–Trinajstić information content (AvgIpc) is 2.73. The van der Waals surface area contributed by atoms with Crippen LogP contribution in [0.4, 0.5) is 0 Å². The highest BCUT2D eigenvalue weighted by molar-refractivity contribution is 7.99. The van der Waals surface area contributed by atoms with Crippen molar-refractivity contribution in [3.05, 3.63) is 29.8 Å². The van der Waals surface area contributed by atoms with E-state index in [0.717, 1.165) is 12.3 Å². The largest absolute Gasteiger partial charge is 0.395 e. The summed E-state index contributed by atoms with van der Waals surface area (Å²) in [5, 5.41) is 12.8. The summed E-state index contributed by atoms with van der Waals surface area (Å²) >= 11 is 1.94. The quantitative estimate of drug-likeness (QED) is 0.843. The van der Waals surface area contributed by atoms with Crippen LogP contribution >= 0.6 is 11.8 Å². The summed E-state index contributed by atoms with van der Waals surface area (Å²) in [7, 11) is 0. The molecule has 0 amide bonds. The van der Waals surface area contributed by atoms with E-state index in [1.54, 1.807) is 0 Å². The van der Waals surface area contributed by atoms with Crippen molar-refractivity contribution in [2.24, 2.45) is 5.92 Å². The van der Waals surface area contributed by atoms with E-state index >= 15 is 0 Å². The van der Waals surface area contributed by atoms with Crippen LogP contribution in [0.3, 0.4) is 0 Å². The molecule has 1 aromatic rings. The first-order valence-electron chi connectivity index (χ1n) is 6.28. The molecular formula is C14H21NOS. The fourth-order valence-corrected chi connectivity index (χ4v) is 3.46. The predicted octanol–water partition coefficient (Wildman–Crippen LogP) is 2.48. The van der Waals surface area contributed by atoms with Crippen LogP contribution in [0.5, 0.6) is 0 Å². The highest BCUT2D eigenvalue weighted by atomic mass is 32.2. The Kier molecular flexibility index (Phi) is 4.48. The Hall–Kier alpha value is -0.510. The van der Waals surface area contributed by atoms with Crippen molar-refractivity contribution >= 4 is 11.8 Å². The van der Waals surface area contributed by atoms with Crippen molar-refractivity contribution in [3.63, 3.8) is 0 Å². The molecule has 2 N–H and O–H groups in total. The summed E-state index contributed by atoms with van der Waals surface area (Å²) < 4.78 is 0. The molecular weight excluding hydrogens is 230 g/mol. The Morgan fingerprint density at radius 3 is 2.88 bits per heavy atom. The summed E-state index contributed by atoms with van der Waals surface area (Å²) in [6.45, 7) is 5.48. The van der Waals surface area contributed by atoms with E-state index in [-0.39, 0.29) is 12.6 Å². The monoisotopic (exact) mass is 251 g/mol. The fourth-order valence-electron chi connectivity index (χ4n) is 2.20. The first-order chi connectivity index (χ1) is 8.22. The Morgan fingerprint density at radius 1 is 1.41 bits per heavy atom. The number of nitrogens with one attached hydrogen (secondary N) is 1. The molecule has 1 aromatic carbocycles. The standard InChI is InChI=1S/C14H21NOS/c1-10(2)13(8-16)15-7-11-9-17-14-6-4-3-5-12(11)14/h3-6,10-11,13,15-16H,7-9H2,1-2H3/t11?,13-/m1/s1. The van der Waals surface area contributed by atoms with Crippen molar-refractivity contribution < 1.29 is 5.11 Å². The maximum absolute atomic E-state index is 9.30. The SMILES string of the molecule is CC(C)[C@@H](CO)NCC1CSc2ccccc21. The Morgan fingerprint density at radius 2 is 2.18 bits per heavy atom. The van der Waals surface area contributed by atoms with Crippen molar-refractivity contribution in [1.29, 1.82) is 0 Å². The van der Waals surface area contributed by atoms with Gasteiger partial charge in [-0.2, -0.15) is 0 Å². The van der Waals surface area contributed by atoms with Gasteiger partial charge in [0, 0.05) is 29.2 Å². The third-order valence-corrected chi connectivity index (χ3v) is 4.68. The van der Waals surface area contributed by atoms with Crippen molar-refractivity contribution in [3.8, 4) is 0 Å². The summed E-state index contributed by atoms with van der Waals surface area (Å²) in [5.74, 6) is 2.22. The fraction of sp³-hybridized carbons (Fsp3) is 0.571. The van der Waals surface area contributed by atoms with E-state index < -0.39 is 0 Å². The molecule has 0 radical (unpaired) electrons. The average molecular weight is 251 g/mol. The van der Waals surface area contributed by atoms with Gasteiger partial charge in [-0.15, -0.1) is 11.8 Å². The molecule has 0 aromatic heterocycles. The van der Waals surface area contributed by atoms with Crippen molar-refractivity contribution in [1.82, 2.24) is 5.32 Å². The van der Waals surface area contributed by atoms with Gasteiger partial charge < -0.3 is 10.4 Å². The molecule has 3 heteroatoms. The minimum absolute atomic E-state index is 0.216. The molecule has 0 bridgehead atoms. The topological polar surface area (TPSA) is 32.3 Å². The highest BCUT2D eigenvalue weighted by Gasteiger charge is 2.23. The summed E-state index contributed by atoms with van der Waals surface area (Å²) in [6.07, 6.45) is 0. The predicted molar refractivity (Wildman–Crippen MR) is 73.6 cm³/mol. The summed E-state index contributed by atoms with van der Waals surface area (Å²) in [6, 6.07) is 8.86. The van der Waals surface area contributed by atoms with Crippen LogP contribution in [0.1, 0.15) is 25.3 Å². The van der Waals surface area contributed by atoms with E-state index in [1.165, 1.54) is 10.5 Å². The molecule has 2 nitrogen and oxygen atoms in total. The van der Waals surface area contributed by atoms with Gasteiger partial charge in [-0.25, -0.2) is 0 Å². The molecule has 0 fully saturated rings. The molecule has 0 saturated heterocycles. The molecule has 1 heterocycles. The van der Waals surface area contributed by atoms with Crippen LogP contribution < -0.4 is 5.32 Å². The van der Waals surface area contributed by atoms with E-state index in [9.17, 15) is 5.11 Å². The van der Waals surface area contributed by atoms with Crippen LogP contribution in [0.15, 0.2) is 29.2 Å². The van der Waals surface area contributed by atoms with Gasteiger partial charge in [-0.05, 0) is 17.5 Å². The van der Waals surface area contributed by atoms with E-state index in [1.807, 2.05) is 11.8 Å². The minimum Gasteiger partial charge on any atom is -0.395 e. The normalized spacial score (nSPS) is 20.6. The third kappa shape index (κ3) is 3.03. The van der Waals surface area contributed by atoms with Gasteiger partial charge >= 0.3 is 0 Å². The Balaban J connectivity index is 1.93. The van der Waals surface area contributed by atoms with Gasteiger partial charge in [0.1, 0.15) is 0 Å². The second kappa shape index (κ2) is 5.89. The molecule has 0 aliphatic carbocycles. The van der Waals surface area contributed by atoms with Crippen LogP contribution in [-0.4, -0.2) is 30.1 Å². The van der Waals surface area contributed by atoms with Crippen LogP contribution in [0, 0.1) is 5.92 Å². The van der Waals surface area contributed by atoms with Crippen LogP contribution in [0.2, 0.25) is 0 Å². The number of thioether (sulfide) groups is 1. The smallest absolute Gasteiger partial charge is 0.0587 e. The zero-order valence-electron chi connectivity index (χ0n) is 10.5. The lowest BCUT2D eigenvalue weighted by Gasteiger charge is -2.22. The molecule has 94 valence electrons.